The summed E-state index contributed by atoms with van der Waals surface area (Å²) < 4.78 is 13.9. The molecule has 2 heterocycles. The molecule has 5 rings (SSSR count). The van der Waals surface area contributed by atoms with Gasteiger partial charge in [-0.05, 0) is 79.0 Å². The van der Waals surface area contributed by atoms with Crippen molar-refractivity contribution in [3.05, 3.63) is 83.1 Å². The highest BCUT2D eigenvalue weighted by Crippen LogP contribution is 2.51. The number of rotatable bonds is 5. The van der Waals surface area contributed by atoms with Gasteiger partial charge in [-0.3, -0.25) is 14.8 Å². The van der Waals surface area contributed by atoms with Gasteiger partial charge in [0.2, 0.25) is 0 Å². The molecule has 4 atom stereocenters. The largest absolute Gasteiger partial charge is 0.299 e. The maximum absolute atomic E-state index is 13.9. The summed E-state index contributed by atoms with van der Waals surface area (Å²) in [6, 6.07) is 12.4. The van der Waals surface area contributed by atoms with E-state index in [1.807, 2.05) is 25.3 Å². The van der Waals surface area contributed by atoms with E-state index in [2.05, 4.69) is 16.0 Å². The van der Waals surface area contributed by atoms with Crippen LogP contribution in [0.4, 0.5) is 4.39 Å². The van der Waals surface area contributed by atoms with Crippen LogP contribution < -0.4 is 0 Å². The standard InChI is InChI=1S/C27H24FN3O/c1-16(27(32)13-23-4-2-17(14-29)15-31-23)18-8-19-10-21(11-20(19)9-18)24-6-7-30-26-5-3-22(28)12-25(24)26/h2-8,12,15-16,19-21H,9-11,13H2,1H3/t16?,19-,20+,21?/m0/s1. The highest BCUT2D eigenvalue weighted by Gasteiger charge is 2.40. The van der Waals surface area contributed by atoms with Crippen LogP contribution in [0.25, 0.3) is 10.9 Å². The molecule has 0 amide bonds. The molecule has 0 aliphatic heterocycles. The van der Waals surface area contributed by atoms with Crippen molar-refractivity contribution in [3.63, 3.8) is 0 Å². The summed E-state index contributed by atoms with van der Waals surface area (Å²) in [5, 5.41) is 9.81. The number of hydrogen-bond acceptors (Lipinski definition) is 4. The Morgan fingerprint density at radius 3 is 2.84 bits per heavy atom. The second-order valence-corrected chi connectivity index (χ2v) is 9.11. The molecule has 0 radical (unpaired) electrons. The zero-order valence-electron chi connectivity index (χ0n) is 18.0. The Morgan fingerprint density at radius 1 is 1.22 bits per heavy atom. The minimum atomic E-state index is -0.226. The van der Waals surface area contributed by atoms with E-state index in [1.54, 1.807) is 24.3 Å². The van der Waals surface area contributed by atoms with Crippen LogP contribution in [0.2, 0.25) is 0 Å². The zero-order chi connectivity index (χ0) is 22.2. The number of carbonyl (C=O) groups excluding carboxylic acids is 1. The van der Waals surface area contributed by atoms with Crippen molar-refractivity contribution in [3.8, 4) is 6.07 Å². The van der Waals surface area contributed by atoms with Crippen LogP contribution in [0.1, 0.15) is 48.9 Å². The minimum Gasteiger partial charge on any atom is -0.299 e. The fraction of sp³-hybridized carbons (Fsp3) is 0.333. The number of aromatic nitrogens is 2. The molecule has 2 aliphatic rings. The minimum absolute atomic E-state index is 0.118. The van der Waals surface area contributed by atoms with E-state index in [4.69, 9.17) is 5.26 Å². The predicted molar refractivity (Wildman–Crippen MR) is 120 cm³/mol. The summed E-state index contributed by atoms with van der Waals surface area (Å²) in [4.78, 5) is 21.5. The molecule has 0 spiro atoms. The summed E-state index contributed by atoms with van der Waals surface area (Å²) in [6.07, 6.45) is 8.98. The number of halogens is 1. The lowest BCUT2D eigenvalue weighted by molar-refractivity contribution is -0.120. The van der Waals surface area contributed by atoms with Crippen LogP contribution in [-0.4, -0.2) is 15.8 Å². The third kappa shape index (κ3) is 3.82. The first-order valence-electron chi connectivity index (χ1n) is 11.1. The highest BCUT2D eigenvalue weighted by atomic mass is 19.1. The summed E-state index contributed by atoms with van der Waals surface area (Å²) in [5.41, 5.74) is 4.47. The number of carbonyl (C=O) groups is 1. The number of pyridine rings is 2. The first-order chi connectivity index (χ1) is 15.5. The molecule has 160 valence electrons. The number of fused-ring (bicyclic) bond motifs is 2. The van der Waals surface area contributed by atoms with Crippen LogP contribution in [0.3, 0.4) is 0 Å². The van der Waals surface area contributed by atoms with Crippen LogP contribution >= 0.6 is 0 Å². The molecule has 0 N–H and O–H groups in total. The molecule has 1 fully saturated rings. The molecular weight excluding hydrogens is 401 g/mol. The van der Waals surface area contributed by atoms with Gasteiger partial charge in [0.1, 0.15) is 17.7 Å². The Kier molecular flexibility index (Phi) is 5.30. The maximum atomic E-state index is 13.9. The monoisotopic (exact) mass is 425 g/mol. The van der Waals surface area contributed by atoms with Gasteiger partial charge >= 0.3 is 0 Å². The molecule has 4 nitrogen and oxygen atoms in total. The molecule has 2 aliphatic carbocycles. The van der Waals surface area contributed by atoms with Crippen molar-refractivity contribution in [2.24, 2.45) is 17.8 Å². The SMILES string of the molecule is CC(C(=O)Cc1ccc(C#N)cn1)C1=C[C@H]2CC(c3ccnc4ccc(F)cc34)C[C@H]2C1. The van der Waals surface area contributed by atoms with Crippen molar-refractivity contribution in [1.82, 2.24) is 9.97 Å². The fourth-order valence-electron chi connectivity index (χ4n) is 5.45. The Balaban J connectivity index is 1.28. The maximum Gasteiger partial charge on any atom is 0.145 e. The van der Waals surface area contributed by atoms with E-state index in [0.717, 1.165) is 30.2 Å². The average molecular weight is 426 g/mol. The summed E-state index contributed by atoms with van der Waals surface area (Å²) in [6.45, 7) is 2.00. The number of hydrogen-bond donors (Lipinski definition) is 0. The van der Waals surface area contributed by atoms with Gasteiger partial charge in [0.15, 0.2) is 0 Å². The molecule has 2 unspecified atom stereocenters. The lowest BCUT2D eigenvalue weighted by atomic mass is 9.88. The Hall–Kier alpha value is -3.39. The lowest BCUT2D eigenvalue weighted by Gasteiger charge is -2.16. The van der Waals surface area contributed by atoms with E-state index in [0.29, 0.717) is 29.0 Å². The molecular formula is C27H24FN3O. The van der Waals surface area contributed by atoms with Gasteiger partial charge in [0.05, 0.1) is 11.1 Å². The molecule has 1 aromatic carbocycles. The second kappa shape index (κ2) is 8.27. The molecule has 2 aromatic heterocycles. The van der Waals surface area contributed by atoms with Crippen LogP contribution in [0.5, 0.6) is 0 Å². The Bertz CT molecular complexity index is 1260. The van der Waals surface area contributed by atoms with Gasteiger partial charge in [-0.15, -0.1) is 0 Å². The van der Waals surface area contributed by atoms with Crippen molar-refractivity contribution < 1.29 is 9.18 Å². The number of benzene rings is 1. The third-order valence-electron chi connectivity index (χ3n) is 7.20. The topological polar surface area (TPSA) is 66.6 Å². The summed E-state index contributed by atoms with van der Waals surface area (Å²) in [5.74, 6) is 1.22. The number of Topliss-reactive ketones (excluding diaryl/α,β-unsaturated/α-hetero) is 1. The van der Waals surface area contributed by atoms with Crippen molar-refractivity contribution in [1.29, 1.82) is 5.26 Å². The van der Waals surface area contributed by atoms with Crippen LogP contribution in [0, 0.1) is 34.9 Å². The van der Waals surface area contributed by atoms with Crippen molar-refractivity contribution >= 4 is 16.7 Å². The Labute approximate surface area is 186 Å². The fourth-order valence-corrected chi connectivity index (χ4v) is 5.45. The van der Waals surface area contributed by atoms with Gasteiger partial charge in [-0.2, -0.15) is 5.26 Å². The van der Waals surface area contributed by atoms with Gasteiger partial charge in [0, 0.05) is 35.8 Å². The molecule has 0 saturated heterocycles. The third-order valence-corrected chi connectivity index (χ3v) is 7.20. The summed E-state index contributed by atoms with van der Waals surface area (Å²) in [7, 11) is 0. The van der Waals surface area contributed by atoms with Gasteiger partial charge < -0.3 is 0 Å². The van der Waals surface area contributed by atoms with Crippen molar-refractivity contribution in [2.45, 2.75) is 38.5 Å². The smallest absolute Gasteiger partial charge is 0.145 e. The average Bonchev–Trinajstić information content (AvgIpc) is 3.38. The first-order valence-corrected chi connectivity index (χ1v) is 11.1. The van der Waals surface area contributed by atoms with Crippen molar-refractivity contribution in [2.75, 3.05) is 0 Å². The van der Waals surface area contributed by atoms with E-state index in [9.17, 15) is 9.18 Å². The quantitative estimate of drug-likeness (QED) is 0.504. The Morgan fingerprint density at radius 2 is 2.09 bits per heavy atom. The zero-order valence-corrected chi connectivity index (χ0v) is 18.0. The number of nitriles is 1. The first kappa shape index (κ1) is 20.5. The predicted octanol–water partition coefficient (Wildman–Crippen LogP) is 5.53. The lowest BCUT2D eigenvalue weighted by Crippen LogP contribution is -2.16. The van der Waals surface area contributed by atoms with E-state index < -0.39 is 0 Å². The van der Waals surface area contributed by atoms with Crippen LogP contribution in [-0.2, 0) is 11.2 Å². The van der Waals surface area contributed by atoms with Crippen LogP contribution in [0.15, 0.2) is 60.4 Å². The molecule has 5 heteroatoms. The highest BCUT2D eigenvalue weighted by molar-refractivity contribution is 5.85. The number of allylic oxidation sites excluding steroid dienone is 2. The number of nitrogens with zero attached hydrogens (tertiary/aromatic N) is 3. The van der Waals surface area contributed by atoms with Gasteiger partial charge in [-0.25, -0.2) is 4.39 Å². The molecule has 32 heavy (non-hydrogen) atoms. The van der Waals surface area contributed by atoms with Gasteiger partial charge in [-0.1, -0.05) is 18.6 Å². The molecule has 1 saturated carbocycles. The number of ketones is 1. The molecule has 0 bridgehead atoms. The normalized spacial score (nSPS) is 22.9. The van der Waals surface area contributed by atoms with E-state index >= 15 is 0 Å². The second-order valence-electron chi connectivity index (χ2n) is 9.11. The van der Waals surface area contributed by atoms with E-state index in [-0.39, 0.29) is 23.9 Å². The molecule has 3 aromatic rings. The van der Waals surface area contributed by atoms with Gasteiger partial charge in [0.25, 0.3) is 0 Å². The summed E-state index contributed by atoms with van der Waals surface area (Å²) >= 11 is 0. The van der Waals surface area contributed by atoms with E-state index in [1.165, 1.54) is 23.4 Å².